The van der Waals surface area contributed by atoms with Crippen molar-refractivity contribution in [3.05, 3.63) is 35.9 Å². The summed E-state index contributed by atoms with van der Waals surface area (Å²) in [5, 5.41) is 0. The van der Waals surface area contributed by atoms with Gasteiger partial charge in [0.1, 0.15) is 0 Å². The molecule has 158 valence electrons. The molecule has 0 N–H and O–H groups in total. The van der Waals surface area contributed by atoms with Gasteiger partial charge in [-0.05, 0) is 37.2 Å². The molecule has 2 saturated carbocycles. The summed E-state index contributed by atoms with van der Waals surface area (Å²) in [6.45, 7) is 3.85. The van der Waals surface area contributed by atoms with Crippen molar-refractivity contribution in [1.82, 2.24) is 14.7 Å². The average molecular weight is 398 g/mol. The molecule has 0 aromatic heterocycles. The van der Waals surface area contributed by atoms with Gasteiger partial charge in [-0.2, -0.15) is 0 Å². The molecule has 29 heavy (non-hydrogen) atoms. The van der Waals surface area contributed by atoms with Crippen LogP contribution in [0.15, 0.2) is 30.3 Å². The predicted octanol–water partition coefficient (Wildman–Crippen LogP) is 3.15. The van der Waals surface area contributed by atoms with Gasteiger partial charge in [0.2, 0.25) is 11.8 Å². The highest BCUT2D eigenvalue weighted by molar-refractivity contribution is 5.82. The number of rotatable bonds is 6. The van der Waals surface area contributed by atoms with Gasteiger partial charge in [-0.1, -0.05) is 49.6 Å². The third-order valence-corrected chi connectivity index (χ3v) is 7.21. The summed E-state index contributed by atoms with van der Waals surface area (Å²) in [7, 11) is 1.94. The summed E-state index contributed by atoms with van der Waals surface area (Å²) < 4.78 is 0. The topological polar surface area (TPSA) is 43.9 Å². The number of carbonyl (C=O) groups excluding carboxylic acids is 2. The highest BCUT2D eigenvalue weighted by Gasteiger charge is 2.39. The number of carbonyl (C=O) groups is 2. The molecule has 5 heteroatoms. The lowest BCUT2D eigenvalue weighted by Crippen LogP contribution is -2.58. The van der Waals surface area contributed by atoms with E-state index < -0.39 is 0 Å². The van der Waals surface area contributed by atoms with Crippen molar-refractivity contribution in [1.29, 1.82) is 0 Å². The lowest BCUT2D eigenvalue weighted by Gasteiger charge is -2.43. The Morgan fingerprint density at radius 3 is 2.21 bits per heavy atom. The Hall–Kier alpha value is -1.88. The molecule has 2 aliphatic carbocycles. The van der Waals surface area contributed by atoms with Gasteiger partial charge < -0.3 is 9.80 Å². The standard InChI is InChI=1S/C24H35N3O2/c1-25(18-19-8-3-2-4-9-19)24(29)22(20-10-5-6-11-20)26-14-16-27(17-15-26)23(28)21-12-7-13-21/h2-4,8-9,20-22H,5-7,10-18H2,1H3. The van der Waals surface area contributed by atoms with Crippen LogP contribution in [0.5, 0.6) is 0 Å². The van der Waals surface area contributed by atoms with Gasteiger partial charge in [-0.25, -0.2) is 0 Å². The van der Waals surface area contributed by atoms with Gasteiger partial charge in [0.15, 0.2) is 0 Å². The molecule has 5 nitrogen and oxygen atoms in total. The fourth-order valence-electron chi connectivity index (χ4n) is 5.22. The number of hydrogen-bond acceptors (Lipinski definition) is 3. The smallest absolute Gasteiger partial charge is 0.240 e. The van der Waals surface area contributed by atoms with Crippen LogP contribution >= 0.6 is 0 Å². The molecule has 1 atom stereocenters. The summed E-state index contributed by atoms with van der Waals surface area (Å²) >= 11 is 0. The molecular formula is C24H35N3O2. The zero-order chi connectivity index (χ0) is 20.2. The molecule has 4 rings (SSSR count). The SMILES string of the molecule is CN(Cc1ccccc1)C(=O)C(C1CCCC1)N1CCN(C(=O)C2CCC2)CC1. The second-order valence-electron chi connectivity index (χ2n) is 9.16. The lowest BCUT2D eigenvalue weighted by atomic mass is 9.84. The molecule has 3 aliphatic rings. The predicted molar refractivity (Wildman–Crippen MR) is 114 cm³/mol. The zero-order valence-electron chi connectivity index (χ0n) is 17.8. The summed E-state index contributed by atoms with van der Waals surface area (Å²) in [5.74, 6) is 1.32. The highest BCUT2D eigenvalue weighted by Crippen LogP contribution is 2.33. The molecule has 1 aromatic rings. The molecule has 0 spiro atoms. The minimum absolute atomic E-state index is 0.0350. The van der Waals surface area contributed by atoms with Crippen molar-refractivity contribution in [2.75, 3.05) is 33.2 Å². The van der Waals surface area contributed by atoms with Crippen molar-refractivity contribution >= 4 is 11.8 Å². The van der Waals surface area contributed by atoms with E-state index in [1.807, 2.05) is 35.0 Å². The number of likely N-dealkylation sites (N-methyl/N-ethyl adjacent to an activating group) is 1. The third-order valence-electron chi connectivity index (χ3n) is 7.21. The maximum Gasteiger partial charge on any atom is 0.240 e. The maximum atomic E-state index is 13.5. The van der Waals surface area contributed by atoms with Crippen LogP contribution in [0, 0.1) is 11.8 Å². The van der Waals surface area contributed by atoms with Gasteiger partial charge in [0.25, 0.3) is 0 Å². The molecule has 0 bridgehead atoms. The average Bonchev–Trinajstić information content (AvgIpc) is 3.22. The Kier molecular flexibility index (Phi) is 6.53. The molecule has 1 heterocycles. The van der Waals surface area contributed by atoms with Crippen molar-refractivity contribution in [2.24, 2.45) is 11.8 Å². The van der Waals surface area contributed by atoms with Crippen LogP contribution in [0.4, 0.5) is 0 Å². The van der Waals surface area contributed by atoms with E-state index in [0.29, 0.717) is 18.4 Å². The quantitative estimate of drug-likeness (QED) is 0.741. The van der Waals surface area contributed by atoms with Crippen molar-refractivity contribution in [3.63, 3.8) is 0 Å². The summed E-state index contributed by atoms with van der Waals surface area (Å²) in [6.07, 6.45) is 8.09. The number of benzene rings is 1. The van der Waals surface area contributed by atoms with Crippen LogP contribution in [0.3, 0.4) is 0 Å². The molecule has 0 radical (unpaired) electrons. The molecular weight excluding hydrogens is 362 g/mol. The first kappa shape index (κ1) is 20.4. The Labute approximate surface area is 175 Å². The molecule has 1 aliphatic heterocycles. The van der Waals surface area contributed by atoms with E-state index in [-0.39, 0.29) is 17.9 Å². The number of nitrogens with zero attached hydrogens (tertiary/aromatic N) is 3. The molecule has 1 saturated heterocycles. The first-order chi connectivity index (χ1) is 14.1. The monoisotopic (exact) mass is 397 g/mol. The van der Waals surface area contributed by atoms with Crippen LogP contribution < -0.4 is 0 Å². The molecule has 1 unspecified atom stereocenters. The number of hydrogen-bond donors (Lipinski definition) is 0. The zero-order valence-corrected chi connectivity index (χ0v) is 17.8. The normalized spacial score (nSPS) is 22.3. The second-order valence-corrected chi connectivity index (χ2v) is 9.16. The van der Waals surface area contributed by atoms with E-state index in [1.165, 1.54) is 24.8 Å². The summed E-state index contributed by atoms with van der Waals surface area (Å²) in [5.41, 5.74) is 1.17. The van der Waals surface area contributed by atoms with Gasteiger partial charge in [-0.3, -0.25) is 14.5 Å². The Morgan fingerprint density at radius 1 is 0.966 bits per heavy atom. The Morgan fingerprint density at radius 2 is 1.62 bits per heavy atom. The minimum atomic E-state index is -0.0350. The lowest BCUT2D eigenvalue weighted by molar-refractivity contribution is -0.143. The minimum Gasteiger partial charge on any atom is -0.340 e. The fraction of sp³-hybridized carbons (Fsp3) is 0.667. The first-order valence-corrected chi connectivity index (χ1v) is 11.4. The first-order valence-electron chi connectivity index (χ1n) is 11.4. The van der Waals surface area contributed by atoms with E-state index in [2.05, 4.69) is 17.0 Å². The van der Waals surface area contributed by atoms with Crippen molar-refractivity contribution in [2.45, 2.75) is 57.5 Å². The highest BCUT2D eigenvalue weighted by atomic mass is 16.2. The van der Waals surface area contributed by atoms with Crippen LogP contribution in [0.1, 0.15) is 50.5 Å². The van der Waals surface area contributed by atoms with Crippen molar-refractivity contribution < 1.29 is 9.59 Å². The Balaban J connectivity index is 1.40. The Bertz CT molecular complexity index is 689. The van der Waals surface area contributed by atoms with E-state index in [0.717, 1.165) is 51.9 Å². The van der Waals surface area contributed by atoms with Gasteiger partial charge >= 0.3 is 0 Å². The third kappa shape index (κ3) is 4.66. The van der Waals surface area contributed by atoms with Crippen molar-refractivity contribution in [3.8, 4) is 0 Å². The van der Waals surface area contributed by atoms with Crippen LogP contribution in [-0.2, 0) is 16.1 Å². The largest absolute Gasteiger partial charge is 0.340 e. The molecule has 1 aromatic carbocycles. The molecule has 3 fully saturated rings. The van der Waals surface area contributed by atoms with E-state index in [1.54, 1.807) is 0 Å². The van der Waals surface area contributed by atoms with Gasteiger partial charge in [0, 0.05) is 45.7 Å². The summed E-state index contributed by atoms with van der Waals surface area (Å²) in [4.78, 5) is 32.4. The number of amides is 2. The van der Waals surface area contributed by atoms with Crippen LogP contribution in [-0.4, -0.2) is 65.8 Å². The summed E-state index contributed by atoms with van der Waals surface area (Å²) in [6, 6.07) is 10.2. The maximum absolute atomic E-state index is 13.5. The van der Waals surface area contributed by atoms with Gasteiger partial charge in [0.05, 0.1) is 6.04 Å². The second kappa shape index (κ2) is 9.29. The van der Waals surface area contributed by atoms with Gasteiger partial charge in [-0.15, -0.1) is 0 Å². The van der Waals surface area contributed by atoms with E-state index in [9.17, 15) is 9.59 Å². The molecule has 2 amide bonds. The van der Waals surface area contributed by atoms with E-state index in [4.69, 9.17) is 0 Å². The fourth-order valence-corrected chi connectivity index (χ4v) is 5.22. The van der Waals surface area contributed by atoms with Crippen LogP contribution in [0.2, 0.25) is 0 Å². The van der Waals surface area contributed by atoms with Crippen LogP contribution in [0.25, 0.3) is 0 Å². The number of piperazine rings is 1. The van der Waals surface area contributed by atoms with E-state index >= 15 is 0 Å².